The standard InChI is InChI=1S/C21H23NO3/c1-3-15-9-18-17(10-21(24)25-20(18)11-19(15)23)13-22-12-14(2)16-7-5-4-6-8-16/h4-11,14,22-23H,3,12-13H2,1-2H3/p+1/t14-/m1/s1. The Balaban J connectivity index is 1.80. The highest BCUT2D eigenvalue weighted by Gasteiger charge is 2.12. The quantitative estimate of drug-likeness (QED) is 0.679. The van der Waals surface area contributed by atoms with Gasteiger partial charge in [0.1, 0.15) is 17.9 Å². The van der Waals surface area contributed by atoms with Gasteiger partial charge in [0, 0.05) is 29.0 Å². The molecule has 3 aromatic rings. The molecule has 0 spiro atoms. The van der Waals surface area contributed by atoms with Gasteiger partial charge in [-0.25, -0.2) is 4.79 Å². The highest BCUT2D eigenvalue weighted by atomic mass is 16.4. The number of aromatic hydroxyl groups is 1. The molecule has 4 heteroatoms. The molecule has 130 valence electrons. The van der Waals surface area contributed by atoms with E-state index in [4.69, 9.17) is 4.42 Å². The molecule has 0 aliphatic carbocycles. The topological polar surface area (TPSA) is 67.0 Å². The number of rotatable bonds is 6. The number of benzene rings is 2. The first-order chi connectivity index (χ1) is 12.1. The average Bonchev–Trinajstić information content (AvgIpc) is 2.61. The summed E-state index contributed by atoms with van der Waals surface area (Å²) < 4.78 is 5.25. The lowest BCUT2D eigenvalue weighted by Crippen LogP contribution is -2.83. The predicted octanol–water partition coefficient (Wildman–Crippen LogP) is 2.93. The van der Waals surface area contributed by atoms with E-state index in [2.05, 4.69) is 36.5 Å². The Labute approximate surface area is 147 Å². The third kappa shape index (κ3) is 3.91. The molecule has 0 saturated carbocycles. The van der Waals surface area contributed by atoms with Gasteiger partial charge in [-0.05, 0) is 23.6 Å². The second kappa shape index (κ2) is 7.53. The van der Waals surface area contributed by atoms with Crippen LogP contribution in [-0.2, 0) is 13.0 Å². The van der Waals surface area contributed by atoms with E-state index in [1.807, 2.05) is 19.1 Å². The van der Waals surface area contributed by atoms with E-state index in [1.54, 1.807) is 12.1 Å². The molecule has 3 rings (SSSR count). The van der Waals surface area contributed by atoms with E-state index in [9.17, 15) is 9.90 Å². The molecular formula is C21H24NO3+. The second-order valence-corrected chi connectivity index (χ2v) is 6.46. The summed E-state index contributed by atoms with van der Waals surface area (Å²) in [5.41, 5.74) is 3.19. The first-order valence-electron chi connectivity index (χ1n) is 8.73. The molecule has 0 radical (unpaired) electrons. The van der Waals surface area contributed by atoms with Crippen molar-refractivity contribution in [1.29, 1.82) is 0 Å². The van der Waals surface area contributed by atoms with Crippen molar-refractivity contribution in [3.8, 4) is 5.75 Å². The normalized spacial score (nSPS) is 12.4. The summed E-state index contributed by atoms with van der Waals surface area (Å²) in [6.45, 7) is 5.83. The molecule has 3 N–H and O–H groups in total. The van der Waals surface area contributed by atoms with Crippen LogP contribution in [0.15, 0.2) is 57.7 Å². The first kappa shape index (κ1) is 17.2. The van der Waals surface area contributed by atoms with Crippen LogP contribution in [-0.4, -0.2) is 11.7 Å². The summed E-state index contributed by atoms with van der Waals surface area (Å²) in [5, 5.41) is 13.1. The zero-order valence-electron chi connectivity index (χ0n) is 14.7. The molecule has 0 bridgehead atoms. The van der Waals surface area contributed by atoms with E-state index in [0.29, 0.717) is 18.0 Å². The average molecular weight is 338 g/mol. The van der Waals surface area contributed by atoms with Crippen molar-refractivity contribution in [1.82, 2.24) is 0 Å². The van der Waals surface area contributed by atoms with Gasteiger partial charge in [-0.1, -0.05) is 44.2 Å². The van der Waals surface area contributed by atoms with Crippen molar-refractivity contribution < 1.29 is 14.8 Å². The lowest BCUT2D eigenvalue weighted by molar-refractivity contribution is -0.672. The number of quaternary nitrogens is 1. The van der Waals surface area contributed by atoms with Gasteiger partial charge in [-0.3, -0.25) is 0 Å². The van der Waals surface area contributed by atoms with E-state index < -0.39 is 0 Å². The zero-order chi connectivity index (χ0) is 17.8. The number of hydrogen-bond acceptors (Lipinski definition) is 3. The van der Waals surface area contributed by atoms with Gasteiger partial charge < -0.3 is 14.8 Å². The van der Waals surface area contributed by atoms with Crippen LogP contribution in [0.5, 0.6) is 5.75 Å². The minimum absolute atomic E-state index is 0.178. The molecule has 0 aliphatic rings. The maximum absolute atomic E-state index is 11.8. The minimum atomic E-state index is -0.379. The maximum atomic E-state index is 11.8. The Morgan fingerprint density at radius 1 is 1.12 bits per heavy atom. The first-order valence-corrected chi connectivity index (χ1v) is 8.73. The molecule has 1 aromatic heterocycles. The molecule has 0 fully saturated rings. The number of phenols is 1. The summed E-state index contributed by atoms with van der Waals surface area (Å²) in [6.07, 6.45) is 0.731. The fraction of sp³-hybridized carbons (Fsp3) is 0.286. The molecule has 0 saturated heterocycles. The van der Waals surface area contributed by atoms with Crippen LogP contribution in [0.4, 0.5) is 0 Å². The van der Waals surface area contributed by atoms with Crippen LogP contribution in [0.3, 0.4) is 0 Å². The van der Waals surface area contributed by atoms with E-state index in [0.717, 1.165) is 29.5 Å². The van der Waals surface area contributed by atoms with Crippen LogP contribution in [0.2, 0.25) is 0 Å². The summed E-state index contributed by atoms with van der Waals surface area (Å²) in [6, 6.07) is 15.4. The Hall–Kier alpha value is -2.59. The minimum Gasteiger partial charge on any atom is -0.508 e. The van der Waals surface area contributed by atoms with Crippen LogP contribution >= 0.6 is 0 Å². The van der Waals surface area contributed by atoms with Crippen LogP contribution in [0, 0.1) is 0 Å². The van der Waals surface area contributed by atoms with Crippen molar-refractivity contribution in [2.45, 2.75) is 32.7 Å². The Morgan fingerprint density at radius 2 is 1.88 bits per heavy atom. The summed E-state index contributed by atoms with van der Waals surface area (Å²) in [7, 11) is 0. The SMILES string of the molecule is CCc1cc2c(C[NH2+]C[C@@H](C)c3ccccc3)cc(=O)oc2cc1O. The fourth-order valence-electron chi connectivity index (χ4n) is 3.17. The lowest BCUT2D eigenvalue weighted by Gasteiger charge is -2.12. The van der Waals surface area contributed by atoms with E-state index in [-0.39, 0.29) is 11.4 Å². The largest absolute Gasteiger partial charge is 0.508 e. The van der Waals surface area contributed by atoms with Gasteiger partial charge in [0.15, 0.2) is 0 Å². The molecule has 1 atom stereocenters. The zero-order valence-corrected chi connectivity index (χ0v) is 14.7. The van der Waals surface area contributed by atoms with E-state index >= 15 is 0 Å². The molecular weight excluding hydrogens is 314 g/mol. The van der Waals surface area contributed by atoms with Gasteiger partial charge in [0.05, 0.1) is 6.54 Å². The number of aryl methyl sites for hydroxylation is 1. The maximum Gasteiger partial charge on any atom is 0.336 e. The van der Waals surface area contributed by atoms with Crippen molar-refractivity contribution in [2.24, 2.45) is 0 Å². The van der Waals surface area contributed by atoms with Crippen molar-refractivity contribution in [3.05, 3.63) is 75.6 Å². The van der Waals surface area contributed by atoms with Crippen LogP contribution in [0.25, 0.3) is 11.0 Å². The van der Waals surface area contributed by atoms with Crippen LogP contribution < -0.4 is 10.9 Å². The van der Waals surface area contributed by atoms with Gasteiger partial charge in [0.25, 0.3) is 0 Å². The molecule has 2 aromatic carbocycles. The monoisotopic (exact) mass is 338 g/mol. The summed E-state index contributed by atoms with van der Waals surface area (Å²) >= 11 is 0. The van der Waals surface area contributed by atoms with Gasteiger partial charge in [-0.2, -0.15) is 0 Å². The number of fused-ring (bicyclic) bond motifs is 1. The van der Waals surface area contributed by atoms with Gasteiger partial charge in [0.2, 0.25) is 0 Å². The molecule has 0 aliphatic heterocycles. The second-order valence-electron chi connectivity index (χ2n) is 6.46. The predicted molar refractivity (Wildman–Crippen MR) is 98.9 cm³/mol. The summed E-state index contributed by atoms with van der Waals surface area (Å²) in [4.78, 5) is 11.8. The van der Waals surface area contributed by atoms with Crippen molar-refractivity contribution in [2.75, 3.05) is 6.54 Å². The molecule has 4 nitrogen and oxygen atoms in total. The highest BCUT2D eigenvalue weighted by Crippen LogP contribution is 2.26. The highest BCUT2D eigenvalue weighted by molar-refractivity contribution is 5.82. The lowest BCUT2D eigenvalue weighted by atomic mass is 10.0. The summed E-state index contributed by atoms with van der Waals surface area (Å²) in [5.74, 6) is 0.611. The molecule has 0 unspecified atom stereocenters. The Kier molecular flexibility index (Phi) is 5.19. The molecule has 25 heavy (non-hydrogen) atoms. The van der Waals surface area contributed by atoms with Gasteiger partial charge in [-0.15, -0.1) is 0 Å². The van der Waals surface area contributed by atoms with Crippen molar-refractivity contribution in [3.63, 3.8) is 0 Å². The smallest absolute Gasteiger partial charge is 0.336 e. The Morgan fingerprint density at radius 3 is 2.60 bits per heavy atom. The Bertz CT molecular complexity index is 916. The third-order valence-corrected chi connectivity index (χ3v) is 4.66. The van der Waals surface area contributed by atoms with E-state index in [1.165, 1.54) is 5.56 Å². The third-order valence-electron chi connectivity index (χ3n) is 4.66. The number of hydrogen-bond donors (Lipinski definition) is 2. The number of nitrogens with two attached hydrogens (primary N) is 1. The number of phenolic OH excluding ortho intramolecular Hbond substituents is 1. The fourth-order valence-corrected chi connectivity index (χ4v) is 3.17. The molecule has 0 amide bonds. The molecule has 1 heterocycles. The van der Waals surface area contributed by atoms with Crippen molar-refractivity contribution >= 4 is 11.0 Å². The van der Waals surface area contributed by atoms with Gasteiger partial charge >= 0.3 is 5.63 Å². The van der Waals surface area contributed by atoms with Crippen LogP contribution in [0.1, 0.15) is 36.5 Å².